The van der Waals surface area contributed by atoms with Gasteiger partial charge in [0, 0.05) is 27.9 Å². The van der Waals surface area contributed by atoms with E-state index in [0.717, 1.165) is 11.4 Å². The SMILES string of the molecule is CC1(C)c2ccc3ccccc3c2-c2c(Nc3ccccc3-c3ccccc3)cc3ccccc3c21. The van der Waals surface area contributed by atoms with Gasteiger partial charge in [-0.3, -0.25) is 0 Å². The summed E-state index contributed by atoms with van der Waals surface area (Å²) in [5, 5.41) is 9.10. The van der Waals surface area contributed by atoms with Crippen molar-refractivity contribution in [1.82, 2.24) is 0 Å². The Balaban J connectivity index is 1.55. The Morgan fingerprint density at radius 2 is 1.19 bits per heavy atom. The van der Waals surface area contributed by atoms with Gasteiger partial charge in [-0.1, -0.05) is 123 Å². The minimum Gasteiger partial charge on any atom is -0.354 e. The van der Waals surface area contributed by atoms with Crippen molar-refractivity contribution in [3.63, 3.8) is 0 Å². The lowest BCUT2D eigenvalue weighted by molar-refractivity contribution is 0.667. The van der Waals surface area contributed by atoms with Crippen LogP contribution in [0, 0.1) is 0 Å². The predicted molar refractivity (Wildman–Crippen MR) is 154 cm³/mol. The average molecular weight is 462 g/mol. The first-order valence-corrected chi connectivity index (χ1v) is 12.6. The summed E-state index contributed by atoms with van der Waals surface area (Å²) in [5.41, 5.74) is 10.1. The second-order valence-corrected chi connectivity index (χ2v) is 10.3. The molecule has 172 valence electrons. The summed E-state index contributed by atoms with van der Waals surface area (Å²) in [6.07, 6.45) is 0. The van der Waals surface area contributed by atoms with Crippen LogP contribution >= 0.6 is 0 Å². The summed E-state index contributed by atoms with van der Waals surface area (Å²) in [6, 6.07) is 43.8. The van der Waals surface area contributed by atoms with Gasteiger partial charge in [0.25, 0.3) is 0 Å². The molecule has 0 fully saturated rings. The van der Waals surface area contributed by atoms with Gasteiger partial charge in [0.2, 0.25) is 0 Å². The monoisotopic (exact) mass is 461 g/mol. The topological polar surface area (TPSA) is 12.0 Å². The first-order valence-electron chi connectivity index (χ1n) is 12.6. The van der Waals surface area contributed by atoms with Crippen molar-refractivity contribution < 1.29 is 0 Å². The Kier molecular flexibility index (Phi) is 4.56. The zero-order valence-electron chi connectivity index (χ0n) is 20.5. The number of nitrogens with one attached hydrogen (secondary N) is 1. The number of fused-ring (bicyclic) bond motifs is 7. The van der Waals surface area contributed by atoms with Crippen molar-refractivity contribution in [2.45, 2.75) is 19.3 Å². The van der Waals surface area contributed by atoms with Gasteiger partial charge < -0.3 is 5.32 Å². The van der Waals surface area contributed by atoms with E-state index < -0.39 is 0 Å². The summed E-state index contributed by atoms with van der Waals surface area (Å²) in [4.78, 5) is 0. The number of hydrogen-bond acceptors (Lipinski definition) is 1. The largest absolute Gasteiger partial charge is 0.354 e. The lowest BCUT2D eigenvalue weighted by atomic mass is 9.80. The predicted octanol–water partition coefficient (Wildman–Crippen LogP) is 9.71. The molecule has 6 aromatic rings. The van der Waals surface area contributed by atoms with E-state index in [2.05, 4.69) is 140 Å². The normalized spacial score (nSPS) is 13.5. The van der Waals surface area contributed by atoms with Crippen molar-refractivity contribution in [2.24, 2.45) is 0 Å². The molecule has 0 atom stereocenters. The van der Waals surface area contributed by atoms with Gasteiger partial charge in [-0.15, -0.1) is 0 Å². The standard InChI is InChI=1S/C35H27N/c1-35(2)29-21-20-24-14-6-8-17-27(24)32(29)33-31(22-25-15-7-9-18-28(25)34(33)35)36-30-19-11-10-16-26(30)23-12-4-3-5-13-23/h3-22,36H,1-2H3. The summed E-state index contributed by atoms with van der Waals surface area (Å²) in [6.45, 7) is 4.75. The fourth-order valence-corrected chi connectivity index (χ4v) is 6.16. The molecule has 0 saturated carbocycles. The highest BCUT2D eigenvalue weighted by Gasteiger charge is 2.39. The van der Waals surface area contributed by atoms with Crippen LogP contribution in [-0.4, -0.2) is 0 Å². The third-order valence-corrected chi connectivity index (χ3v) is 7.81. The molecule has 0 spiro atoms. The maximum atomic E-state index is 3.91. The van der Waals surface area contributed by atoms with Gasteiger partial charge >= 0.3 is 0 Å². The fourth-order valence-electron chi connectivity index (χ4n) is 6.16. The molecule has 0 radical (unpaired) electrons. The lowest BCUT2D eigenvalue weighted by Crippen LogP contribution is -2.15. The van der Waals surface area contributed by atoms with Crippen LogP contribution in [0.4, 0.5) is 11.4 Å². The minimum atomic E-state index is -0.106. The van der Waals surface area contributed by atoms with E-state index >= 15 is 0 Å². The van der Waals surface area contributed by atoms with Gasteiger partial charge in [-0.2, -0.15) is 0 Å². The Bertz CT molecular complexity index is 1780. The average Bonchev–Trinajstić information content (AvgIpc) is 3.17. The van der Waals surface area contributed by atoms with Crippen LogP contribution in [0.3, 0.4) is 0 Å². The molecule has 36 heavy (non-hydrogen) atoms. The molecule has 1 N–H and O–H groups in total. The number of rotatable bonds is 3. The van der Waals surface area contributed by atoms with Crippen LogP contribution < -0.4 is 5.32 Å². The highest BCUT2D eigenvalue weighted by molar-refractivity contribution is 6.11. The molecule has 0 unspecified atom stereocenters. The van der Waals surface area contributed by atoms with E-state index in [1.165, 1.54) is 54.9 Å². The lowest BCUT2D eigenvalue weighted by Gasteiger charge is -2.24. The highest BCUT2D eigenvalue weighted by Crippen LogP contribution is 2.56. The van der Waals surface area contributed by atoms with E-state index in [-0.39, 0.29) is 5.41 Å². The van der Waals surface area contributed by atoms with Crippen LogP contribution in [0.2, 0.25) is 0 Å². The second kappa shape index (κ2) is 7.83. The molecule has 0 amide bonds. The Morgan fingerprint density at radius 1 is 0.528 bits per heavy atom. The molecular formula is C35H27N. The highest BCUT2D eigenvalue weighted by atomic mass is 14.9. The third-order valence-electron chi connectivity index (χ3n) is 7.81. The molecule has 6 aromatic carbocycles. The second-order valence-electron chi connectivity index (χ2n) is 10.3. The van der Waals surface area contributed by atoms with Gasteiger partial charge in [-0.05, 0) is 55.9 Å². The molecule has 0 heterocycles. The van der Waals surface area contributed by atoms with E-state index in [4.69, 9.17) is 0 Å². The molecule has 0 aromatic heterocycles. The molecule has 7 rings (SSSR count). The first kappa shape index (κ1) is 21.0. The van der Waals surface area contributed by atoms with Crippen LogP contribution in [0.25, 0.3) is 43.8 Å². The molecule has 1 nitrogen and oxygen atoms in total. The van der Waals surface area contributed by atoms with Crippen molar-refractivity contribution in [3.8, 4) is 22.3 Å². The Morgan fingerprint density at radius 3 is 2.03 bits per heavy atom. The zero-order valence-corrected chi connectivity index (χ0v) is 20.5. The third kappa shape index (κ3) is 3.03. The van der Waals surface area contributed by atoms with Gasteiger partial charge in [-0.25, -0.2) is 0 Å². The molecule has 0 bridgehead atoms. The number of hydrogen-bond donors (Lipinski definition) is 1. The van der Waals surface area contributed by atoms with Crippen molar-refractivity contribution in [1.29, 1.82) is 0 Å². The molecule has 0 saturated heterocycles. The first-order chi connectivity index (χ1) is 17.6. The zero-order chi connectivity index (χ0) is 24.3. The number of anilines is 2. The van der Waals surface area contributed by atoms with Crippen molar-refractivity contribution >= 4 is 32.9 Å². The van der Waals surface area contributed by atoms with Gasteiger partial charge in [0.15, 0.2) is 0 Å². The molecule has 0 aliphatic heterocycles. The van der Waals surface area contributed by atoms with Crippen LogP contribution in [-0.2, 0) is 5.41 Å². The Labute approximate surface area is 212 Å². The van der Waals surface area contributed by atoms with E-state index in [9.17, 15) is 0 Å². The molecule has 1 aliphatic rings. The summed E-state index contributed by atoms with van der Waals surface area (Å²) in [7, 11) is 0. The van der Waals surface area contributed by atoms with Crippen molar-refractivity contribution in [2.75, 3.05) is 5.32 Å². The van der Waals surface area contributed by atoms with E-state index in [0.29, 0.717) is 0 Å². The number of para-hydroxylation sites is 1. The van der Waals surface area contributed by atoms with Crippen LogP contribution in [0.5, 0.6) is 0 Å². The Hall–Kier alpha value is -4.36. The summed E-state index contributed by atoms with van der Waals surface area (Å²) >= 11 is 0. The molecular weight excluding hydrogens is 434 g/mol. The minimum absolute atomic E-state index is 0.106. The quantitative estimate of drug-likeness (QED) is 0.276. The van der Waals surface area contributed by atoms with Crippen LogP contribution in [0.1, 0.15) is 25.0 Å². The van der Waals surface area contributed by atoms with E-state index in [1.807, 2.05) is 0 Å². The van der Waals surface area contributed by atoms with Gasteiger partial charge in [0.1, 0.15) is 0 Å². The van der Waals surface area contributed by atoms with Crippen LogP contribution in [0.15, 0.2) is 121 Å². The summed E-state index contributed by atoms with van der Waals surface area (Å²) < 4.78 is 0. The summed E-state index contributed by atoms with van der Waals surface area (Å²) in [5.74, 6) is 0. The fraction of sp³-hybridized carbons (Fsp3) is 0.0857. The maximum Gasteiger partial charge on any atom is 0.0473 e. The van der Waals surface area contributed by atoms with Crippen molar-refractivity contribution in [3.05, 3.63) is 132 Å². The molecule has 1 aliphatic carbocycles. The van der Waals surface area contributed by atoms with Gasteiger partial charge in [0.05, 0.1) is 0 Å². The molecule has 1 heteroatoms. The van der Waals surface area contributed by atoms with E-state index in [1.54, 1.807) is 0 Å². The number of benzene rings is 6. The maximum absolute atomic E-state index is 3.91. The smallest absolute Gasteiger partial charge is 0.0473 e.